The van der Waals surface area contributed by atoms with Crippen LogP contribution in [0.1, 0.15) is 57.8 Å². The van der Waals surface area contributed by atoms with Crippen LogP contribution in [-0.4, -0.2) is 29.8 Å². The molecule has 1 aliphatic rings. The first-order valence-electron chi connectivity index (χ1n) is 8.11. The van der Waals surface area contributed by atoms with E-state index >= 15 is 0 Å². The van der Waals surface area contributed by atoms with E-state index in [0.29, 0.717) is 37.7 Å². The number of nitrogens with one attached hydrogen (secondary N) is 1. The first-order chi connectivity index (χ1) is 10.5. The Balaban J connectivity index is 1.89. The molecule has 1 aromatic rings. The highest BCUT2D eigenvalue weighted by Gasteiger charge is 2.34. The molecule has 1 unspecified atom stereocenters. The molecule has 1 atom stereocenters. The van der Waals surface area contributed by atoms with Gasteiger partial charge < -0.3 is 19.6 Å². The lowest BCUT2D eigenvalue weighted by Crippen LogP contribution is -2.37. The highest BCUT2D eigenvalue weighted by atomic mass is 16.5. The summed E-state index contributed by atoms with van der Waals surface area (Å²) in [5, 5.41) is 13.3. The first kappa shape index (κ1) is 17.0. The molecule has 1 heterocycles. The highest BCUT2D eigenvalue weighted by Crippen LogP contribution is 2.32. The van der Waals surface area contributed by atoms with Gasteiger partial charge in [0.1, 0.15) is 11.8 Å². The third-order valence-electron chi connectivity index (χ3n) is 3.98. The number of carbonyl (C=O) groups is 1. The molecule has 2 N–H and O–H groups in total. The van der Waals surface area contributed by atoms with Crippen LogP contribution in [0.5, 0.6) is 0 Å². The Morgan fingerprint density at radius 3 is 2.73 bits per heavy atom. The summed E-state index contributed by atoms with van der Waals surface area (Å²) < 4.78 is 11.0. The highest BCUT2D eigenvalue weighted by molar-refractivity contribution is 5.77. The summed E-state index contributed by atoms with van der Waals surface area (Å²) in [6.45, 7) is 5.17. The Morgan fingerprint density at radius 1 is 1.41 bits per heavy atom. The molecule has 1 fully saturated rings. The number of amides is 1. The predicted octanol–water partition coefficient (Wildman–Crippen LogP) is 2.80. The minimum absolute atomic E-state index is 0.147. The zero-order valence-electron chi connectivity index (χ0n) is 13.5. The molecule has 5 nitrogen and oxygen atoms in total. The summed E-state index contributed by atoms with van der Waals surface area (Å²) in [6.07, 6.45) is 5.12. The minimum atomic E-state index is -0.837. The lowest BCUT2D eigenvalue weighted by Gasteiger charge is -2.23. The fourth-order valence-corrected chi connectivity index (χ4v) is 2.86. The maximum Gasteiger partial charge on any atom is 0.223 e. The standard InChI is InChI=1S/C17H27NO4/c1-13(2)11-21-12-14(15-6-5-9-22-15)18-16(19)10-17(20)7-3-4-8-17/h5-6,9,13-14,20H,3-4,7-8,10-12H2,1-2H3,(H,18,19). The van der Waals surface area contributed by atoms with Gasteiger partial charge in [-0.3, -0.25) is 4.79 Å². The largest absolute Gasteiger partial charge is 0.467 e. The van der Waals surface area contributed by atoms with Crippen LogP contribution >= 0.6 is 0 Å². The van der Waals surface area contributed by atoms with Crippen LogP contribution in [0.15, 0.2) is 22.8 Å². The summed E-state index contributed by atoms with van der Waals surface area (Å²) >= 11 is 0. The van der Waals surface area contributed by atoms with Crippen molar-refractivity contribution in [1.29, 1.82) is 0 Å². The van der Waals surface area contributed by atoms with Gasteiger partial charge in [-0.25, -0.2) is 0 Å². The van der Waals surface area contributed by atoms with Crippen molar-refractivity contribution in [3.05, 3.63) is 24.2 Å². The molecule has 0 radical (unpaired) electrons. The van der Waals surface area contributed by atoms with E-state index in [4.69, 9.17) is 9.15 Å². The van der Waals surface area contributed by atoms with Gasteiger partial charge in [-0.05, 0) is 30.9 Å². The summed E-state index contributed by atoms with van der Waals surface area (Å²) in [4.78, 5) is 12.2. The maximum absolute atomic E-state index is 12.2. The van der Waals surface area contributed by atoms with Crippen molar-refractivity contribution in [2.45, 2.75) is 57.6 Å². The third-order valence-corrected chi connectivity index (χ3v) is 3.98. The number of rotatable bonds is 8. The third kappa shape index (κ3) is 5.14. The van der Waals surface area contributed by atoms with Crippen molar-refractivity contribution in [2.24, 2.45) is 5.92 Å². The van der Waals surface area contributed by atoms with Gasteiger partial charge in [0.2, 0.25) is 5.91 Å². The minimum Gasteiger partial charge on any atom is -0.467 e. The second kappa shape index (κ2) is 7.79. The Bertz CT molecular complexity index is 449. The van der Waals surface area contributed by atoms with Crippen molar-refractivity contribution >= 4 is 5.91 Å². The zero-order valence-corrected chi connectivity index (χ0v) is 13.5. The van der Waals surface area contributed by atoms with Gasteiger partial charge in [-0.2, -0.15) is 0 Å². The Hall–Kier alpha value is -1.33. The van der Waals surface area contributed by atoms with Crippen molar-refractivity contribution in [3.8, 4) is 0 Å². The van der Waals surface area contributed by atoms with Crippen LogP contribution in [0.3, 0.4) is 0 Å². The van der Waals surface area contributed by atoms with Crippen molar-refractivity contribution < 1.29 is 19.1 Å². The van der Waals surface area contributed by atoms with Gasteiger partial charge in [0.25, 0.3) is 0 Å². The quantitative estimate of drug-likeness (QED) is 0.774. The molecule has 1 saturated carbocycles. The number of carbonyl (C=O) groups excluding carboxylic acids is 1. The van der Waals surface area contributed by atoms with Crippen LogP contribution in [0.25, 0.3) is 0 Å². The van der Waals surface area contributed by atoms with E-state index in [0.717, 1.165) is 12.8 Å². The molecule has 5 heteroatoms. The van der Waals surface area contributed by atoms with Gasteiger partial charge in [0.05, 0.1) is 24.9 Å². The molecule has 0 saturated heterocycles. The summed E-state index contributed by atoms with van der Waals surface area (Å²) in [5.41, 5.74) is -0.837. The number of ether oxygens (including phenoxy) is 1. The normalized spacial score (nSPS) is 18.5. The molecule has 22 heavy (non-hydrogen) atoms. The summed E-state index contributed by atoms with van der Waals surface area (Å²) in [6, 6.07) is 3.31. The molecule has 2 rings (SSSR count). The number of hydrogen-bond acceptors (Lipinski definition) is 4. The Morgan fingerprint density at radius 2 is 2.14 bits per heavy atom. The van der Waals surface area contributed by atoms with Gasteiger partial charge in [0.15, 0.2) is 0 Å². The van der Waals surface area contributed by atoms with E-state index in [1.54, 1.807) is 12.3 Å². The predicted molar refractivity (Wildman–Crippen MR) is 83.3 cm³/mol. The van der Waals surface area contributed by atoms with Crippen LogP contribution in [0.4, 0.5) is 0 Å². The molecule has 1 aliphatic carbocycles. The van der Waals surface area contributed by atoms with Crippen LogP contribution in [0, 0.1) is 5.92 Å². The lowest BCUT2D eigenvalue weighted by atomic mass is 9.97. The second-order valence-electron chi connectivity index (χ2n) is 6.68. The number of hydrogen-bond donors (Lipinski definition) is 2. The van der Waals surface area contributed by atoms with Gasteiger partial charge in [0, 0.05) is 6.61 Å². The van der Waals surface area contributed by atoms with Gasteiger partial charge >= 0.3 is 0 Å². The Kier molecular flexibility index (Phi) is 6.03. The number of aliphatic hydroxyl groups is 1. The van der Waals surface area contributed by atoms with Crippen molar-refractivity contribution in [3.63, 3.8) is 0 Å². The zero-order chi connectivity index (χ0) is 16.0. The van der Waals surface area contributed by atoms with Crippen molar-refractivity contribution in [1.82, 2.24) is 5.32 Å². The SMILES string of the molecule is CC(C)COCC(NC(=O)CC1(O)CCCC1)c1ccco1. The van der Waals surface area contributed by atoms with Crippen LogP contribution < -0.4 is 5.32 Å². The maximum atomic E-state index is 12.2. The van der Waals surface area contributed by atoms with Crippen molar-refractivity contribution in [2.75, 3.05) is 13.2 Å². The molecule has 1 aromatic heterocycles. The molecule has 0 bridgehead atoms. The van der Waals surface area contributed by atoms with E-state index in [1.807, 2.05) is 6.07 Å². The monoisotopic (exact) mass is 309 g/mol. The van der Waals surface area contributed by atoms with Crippen LogP contribution in [0.2, 0.25) is 0 Å². The first-order valence-corrected chi connectivity index (χ1v) is 8.11. The van der Waals surface area contributed by atoms with Gasteiger partial charge in [-0.15, -0.1) is 0 Å². The Labute approximate surface area is 132 Å². The average Bonchev–Trinajstić information content (AvgIpc) is 3.08. The van der Waals surface area contributed by atoms with Gasteiger partial charge in [-0.1, -0.05) is 26.7 Å². The second-order valence-corrected chi connectivity index (χ2v) is 6.68. The average molecular weight is 309 g/mol. The fourth-order valence-electron chi connectivity index (χ4n) is 2.86. The molecule has 0 spiro atoms. The van der Waals surface area contributed by atoms with Crippen LogP contribution in [-0.2, 0) is 9.53 Å². The molecular weight excluding hydrogens is 282 g/mol. The molecule has 1 amide bonds. The molecular formula is C17H27NO4. The summed E-state index contributed by atoms with van der Waals surface area (Å²) in [5.74, 6) is 0.960. The topological polar surface area (TPSA) is 71.7 Å². The van der Waals surface area contributed by atoms with E-state index in [2.05, 4.69) is 19.2 Å². The smallest absolute Gasteiger partial charge is 0.223 e. The summed E-state index contributed by atoms with van der Waals surface area (Å²) in [7, 11) is 0. The number of furan rings is 1. The molecule has 124 valence electrons. The van der Waals surface area contributed by atoms with E-state index < -0.39 is 5.60 Å². The van der Waals surface area contributed by atoms with E-state index in [9.17, 15) is 9.90 Å². The van der Waals surface area contributed by atoms with E-state index in [-0.39, 0.29) is 18.4 Å². The molecule has 0 aromatic carbocycles. The fraction of sp³-hybridized carbons (Fsp3) is 0.706. The van der Waals surface area contributed by atoms with E-state index in [1.165, 1.54) is 0 Å². The lowest BCUT2D eigenvalue weighted by molar-refractivity contribution is -0.127. The molecule has 0 aliphatic heterocycles.